The summed E-state index contributed by atoms with van der Waals surface area (Å²) >= 11 is 0. The number of nitrogen functional groups attached to an aromatic ring is 1. The van der Waals surface area contributed by atoms with E-state index in [-0.39, 0.29) is 24.6 Å². The molecule has 0 bridgehead atoms. The number of benzene rings is 3. The zero-order chi connectivity index (χ0) is 33.8. The van der Waals surface area contributed by atoms with Crippen molar-refractivity contribution in [3.05, 3.63) is 108 Å². The Bertz CT molecular complexity index is 1690. The largest absolute Gasteiger partial charge is 0.471 e. The second-order valence-corrected chi connectivity index (χ2v) is 22.1. The molecule has 1 aliphatic carbocycles. The minimum Gasteiger partial charge on any atom is -0.471 e. The maximum Gasteiger partial charge on any atom is 0.245 e. The lowest BCUT2D eigenvalue weighted by molar-refractivity contribution is 0.0265. The number of hydrogen-bond donors (Lipinski definition) is 2. The second kappa shape index (κ2) is 14.4. The molecule has 1 aromatic heterocycles. The van der Waals surface area contributed by atoms with Gasteiger partial charge in [-0.25, -0.2) is 4.98 Å². The van der Waals surface area contributed by atoms with E-state index >= 15 is 0 Å². The number of epoxide rings is 1. The molecule has 0 unspecified atom stereocenters. The highest BCUT2D eigenvalue weighted by Crippen LogP contribution is 2.61. The predicted molar refractivity (Wildman–Crippen MR) is 194 cm³/mol. The molecule has 252 valence electrons. The van der Waals surface area contributed by atoms with Crippen molar-refractivity contribution in [2.75, 3.05) is 18.9 Å². The van der Waals surface area contributed by atoms with Crippen molar-refractivity contribution < 1.29 is 23.4 Å². The number of rotatable bonds is 12. The number of ether oxygens (including phenoxy) is 3. The Balaban J connectivity index is 0.000000189. The lowest BCUT2D eigenvalue weighted by Gasteiger charge is -2.41. The number of aliphatic imine (C=N–C) groups is 1. The number of aromatic nitrogens is 2. The molecule has 7 rings (SSSR count). The molecule has 3 N–H and O–H groups in total. The number of aliphatic hydroxyl groups excluding tert-OH is 1. The summed E-state index contributed by atoms with van der Waals surface area (Å²) < 4.78 is 24.9. The van der Waals surface area contributed by atoms with Gasteiger partial charge in [-0.05, 0) is 54.5 Å². The molecule has 1 saturated carbocycles. The van der Waals surface area contributed by atoms with Crippen LogP contribution in [0.1, 0.15) is 23.2 Å². The number of nitrogens with zero attached hydrogens (tertiary/aromatic N) is 3. The molecule has 4 atom stereocenters. The number of nitrogens with two attached hydrogens (primary N) is 1. The van der Waals surface area contributed by atoms with Crippen molar-refractivity contribution >= 4 is 39.7 Å². The highest BCUT2D eigenvalue weighted by Gasteiger charge is 2.71. The van der Waals surface area contributed by atoms with Crippen LogP contribution in [0, 0.1) is 5.92 Å². The Morgan fingerprint density at radius 2 is 1.50 bits per heavy atom. The number of hydrogen-bond acceptors (Lipinski definition) is 9. The average Bonchev–Trinajstić information content (AvgIpc) is 3.42. The molecular formula is C37H46N4O5Si2. The average molecular weight is 683 g/mol. The zero-order valence-electron chi connectivity index (χ0n) is 28.2. The van der Waals surface area contributed by atoms with Crippen LogP contribution >= 0.6 is 0 Å². The maximum absolute atomic E-state index is 10.2. The summed E-state index contributed by atoms with van der Waals surface area (Å²) in [7, 11) is -4.08. The molecular weight excluding hydrogens is 637 g/mol. The van der Waals surface area contributed by atoms with Crippen molar-refractivity contribution in [2.45, 2.75) is 69.5 Å². The summed E-state index contributed by atoms with van der Waals surface area (Å²) in [6, 6.07) is 30.8. The Labute approximate surface area is 285 Å². The van der Waals surface area contributed by atoms with Crippen LogP contribution in [-0.4, -0.2) is 62.8 Å². The molecule has 1 saturated heterocycles. The fraction of sp³-hybridized carbons (Fsp3) is 0.378. The lowest BCUT2D eigenvalue weighted by atomic mass is 9.96. The van der Waals surface area contributed by atoms with Crippen LogP contribution in [0.5, 0.6) is 5.88 Å². The van der Waals surface area contributed by atoms with E-state index in [1.165, 1.54) is 10.8 Å². The first-order valence-corrected chi connectivity index (χ1v) is 22.5. The third-order valence-electron chi connectivity index (χ3n) is 9.63. The first kappa shape index (κ1) is 34.2. The van der Waals surface area contributed by atoms with Crippen LogP contribution in [0.15, 0.2) is 96.0 Å². The fourth-order valence-electron chi connectivity index (χ4n) is 7.15. The highest BCUT2D eigenvalue weighted by atomic mass is 28.4. The van der Waals surface area contributed by atoms with Gasteiger partial charge in [0.1, 0.15) is 17.9 Å². The van der Waals surface area contributed by atoms with Crippen molar-refractivity contribution in [2.24, 2.45) is 10.9 Å². The van der Waals surface area contributed by atoms with Crippen molar-refractivity contribution in [3.63, 3.8) is 0 Å². The maximum atomic E-state index is 10.2. The molecule has 2 fully saturated rings. The molecule has 48 heavy (non-hydrogen) atoms. The quantitative estimate of drug-likeness (QED) is 0.139. The Morgan fingerprint density at radius 1 is 0.875 bits per heavy atom. The first-order valence-electron chi connectivity index (χ1n) is 16.6. The zero-order valence-corrected chi connectivity index (χ0v) is 30.2. The molecule has 3 heterocycles. The number of anilines is 1. The van der Waals surface area contributed by atoms with E-state index in [0.29, 0.717) is 43.4 Å². The van der Waals surface area contributed by atoms with Crippen molar-refractivity contribution in [1.82, 2.24) is 9.97 Å². The molecule has 0 amide bonds. The number of fused-ring (bicyclic) bond motifs is 2. The van der Waals surface area contributed by atoms with Gasteiger partial charge < -0.3 is 29.2 Å². The van der Waals surface area contributed by atoms with E-state index in [2.05, 4.69) is 83.6 Å². The second-order valence-electron chi connectivity index (χ2n) is 13.7. The van der Waals surface area contributed by atoms with E-state index in [9.17, 15) is 5.11 Å². The van der Waals surface area contributed by atoms with Crippen molar-refractivity contribution in [3.8, 4) is 5.88 Å². The molecule has 0 spiro atoms. The Kier molecular flexibility index (Phi) is 10.3. The van der Waals surface area contributed by atoms with Gasteiger partial charge in [0, 0.05) is 18.6 Å². The summed E-state index contributed by atoms with van der Waals surface area (Å²) in [4.78, 5) is 12.4. The minimum absolute atomic E-state index is 0.0670. The van der Waals surface area contributed by atoms with Crippen LogP contribution in [0.25, 0.3) is 0 Å². The molecule has 4 aromatic rings. The predicted octanol–water partition coefficient (Wildman–Crippen LogP) is 5.95. The summed E-state index contributed by atoms with van der Waals surface area (Å²) in [6.45, 7) is 11.0. The van der Waals surface area contributed by atoms with Gasteiger partial charge in [0.25, 0.3) is 0 Å². The topological polar surface area (TPSA) is 125 Å². The van der Waals surface area contributed by atoms with E-state index in [1.54, 1.807) is 6.21 Å². The van der Waals surface area contributed by atoms with E-state index in [4.69, 9.17) is 24.1 Å². The monoisotopic (exact) mass is 682 g/mol. The number of aliphatic hydroxyl groups is 1. The van der Waals surface area contributed by atoms with E-state index < -0.39 is 22.2 Å². The van der Waals surface area contributed by atoms with Crippen LogP contribution in [0.4, 0.5) is 11.6 Å². The summed E-state index contributed by atoms with van der Waals surface area (Å²) in [5.74, 6) is 0.857. The van der Waals surface area contributed by atoms with Crippen LogP contribution in [0.2, 0.25) is 31.7 Å². The van der Waals surface area contributed by atoms with Gasteiger partial charge in [-0.2, -0.15) is 4.98 Å². The lowest BCUT2D eigenvalue weighted by Crippen LogP contribution is -2.55. The molecule has 0 radical (unpaired) electrons. The molecule has 3 aliphatic rings. The minimum atomic E-state index is -2.06. The normalized spacial score (nSPS) is 22.4. The summed E-state index contributed by atoms with van der Waals surface area (Å²) in [5, 5.41) is 11.5. The van der Waals surface area contributed by atoms with Gasteiger partial charge in [-0.15, -0.1) is 0 Å². The van der Waals surface area contributed by atoms with E-state index in [1.807, 2.05) is 48.5 Å². The van der Waals surface area contributed by atoms with Gasteiger partial charge in [0.15, 0.2) is 8.32 Å². The van der Waals surface area contributed by atoms with E-state index in [0.717, 1.165) is 17.7 Å². The third kappa shape index (κ3) is 7.61. The smallest absolute Gasteiger partial charge is 0.245 e. The SMILES string of the molecule is C[Si](C)(O[Si](C)(C)[C@H]1C[C@H]2O[C@@]2(CO)[C@@H]1COCc1ccccc1)c1ccccc1.Nc1nc2c(c(OCc3ccccc3)n1)N=CC2. The molecule has 11 heteroatoms. The van der Waals surface area contributed by atoms with Gasteiger partial charge in [0.2, 0.25) is 20.1 Å². The van der Waals surface area contributed by atoms with Gasteiger partial charge in [0.05, 0.1) is 31.6 Å². The standard InChI is InChI=1S/C24H34O4Si2.C13H12N4O/c1-29(2,20-13-9-6-10-14-20)28-30(3,4)22-15-23-24(18-25,27-23)21(22)17-26-16-19-11-7-5-8-12-19;14-13-16-10-6-7-15-11(10)12(17-13)18-8-9-4-2-1-3-5-9/h5-14,21-23,25H,15-18H2,1-4H3;1-5,7H,6,8H2,(H2,14,16,17)/t21-,22+,23-,24+;/m1./s1. The first-order chi connectivity index (χ1) is 23.1. The van der Waals surface area contributed by atoms with Crippen LogP contribution < -0.4 is 15.7 Å². The van der Waals surface area contributed by atoms with Crippen molar-refractivity contribution in [1.29, 1.82) is 0 Å². The highest BCUT2D eigenvalue weighted by molar-refractivity contribution is 6.92. The fourth-order valence-corrected chi connectivity index (χ4v) is 16.6. The summed E-state index contributed by atoms with van der Waals surface area (Å²) in [5.41, 5.74) is 9.40. The Morgan fingerprint density at radius 3 is 2.15 bits per heavy atom. The third-order valence-corrected chi connectivity index (χ3v) is 17.9. The molecule has 9 nitrogen and oxygen atoms in total. The molecule has 2 aliphatic heterocycles. The van der Waals surface area contributed by atoms with Gasteiger partial charge in [-0.1, -0.05) is 91.0 Å². The molecule has 3 aromatic carbocycles. The van der Waals surface area contributed by atoms with Gasteiger partial charge in [-0.3, -0.25) is 4.99 Å². The van der Waals surface area contributed by atoms with Gasteiger partial charge >= 0.3 is 0 Å². The Hall–Kier alpha value is -3.72. The summed E-state index contributed by atoms with van der Waals surface area (Å²) in [6.07, 6.45) is 3.59. The van der Waals surface area contributed by atoms with Crippen LogP contribution in [-0.2, 0) is 33.2 Å². The van der Waals surface area contributed by atoms with Crippen LogP contribution in [0.3, 0.4) is 0 Å².